The largest absolute Gasteiger partial charge is 0.465 e. The summed E-state index contributed by atoms with van der Waals surface area (Å²) in [6.45, 7) is 0.671. The van der Waals surface area contributed by atoms with E-state index in [1.807, 2.05) is 6.07 Å². The zero-order valence-electron chi connectivity index (χ0n) is 11.9. The third kappa shape index (κ3) is 3.00. The predicted molar refractivity (Wildman–Crippen MR) is 77.0 cm³/mol. The van der Waals surface area contributed by atoms with Gasteiger partial charge in [-0.3, -0.25) is 4.79 Å². The van der Waals surface area contributed by atoms with Crippen molar-refractivity contribution in [2.45, 2.75) is 6.42 Å². The van der Waals surface area contributed by atoms with Crippen molar-refractivity contribution in [3.63, 3.8) is 0 Å². The van der Waals surface area contributed by atoms with Gasteiger partial charge in [-0.25, -0.2) is 4.79 Å². The summed E-state index contributed by atoms with van der Waals surface area (Å²) >= 11 is 0. The summed E-state index contributed by atoms with van der Waals surface area (Å²) in [5.41, 5.74) is 9.18. The number of ether oxygens (including phenoxy) is 1. The van der Waals surface area contributed by atoms with E-state index in [2.05, 4.69) is 14.8 Å². The lowest BCUT2D eigenvalue weighted by atomic mass is 10.1. The lowest BCUT2D eigenvalue weighted by Gasteiger charge is -2.17. The number of benzene rings is 1. The number of azide groups is 1. The van der Waals surface area contributed by atoms with Crippen LogP contribution < -0.4 is 4.90 Å². The van der Waals surface area contributed by atoms with Gasteiger partial charge in [0.1, 0.15) is 6.07 Å². The highest BCUT2D eigenvalue weighted by Gasteiger charge is 2.30. The van der Waals surface area contributed by atoms with Crippen molar-refractivity contribution < 1.29 is 14.3 Å². The number of carbonyl (C=O) groups is 2. The van der Waals surface area contributed by atoms with Gasteiger partial charge in [0.05, 0.1) is 18.2 Å². The average Bonchev–Trinajstić information content (AvgIpc) is 2.92. The van der Waals surface area contributed by atoms with Gasteiger partial charge in [-0.15, -0.1) is 0 Å². The summed E-state index contributed by atoms with van der Waals surface area (Å²) in [7, 11) is 1.24. The Morgan fingerprint density at radius 2 is 2.41 bits per heavy atom. The van der Waals surface area contributed by atoms with E-state index in [4.69, 9.17) is 10.8 Å². The first-order valence-electron chi connectivity index (χ1n) is 6.54. The molecule has 1 amide bonds. The van der Waals surface area contributed by atoms with E-state index in [9.17, 15) is 9.59 Å². The molecule has 0 aliphatic carbocycles. The van der Waals surface area contributed by atoms with Gasteiger partial charge in [-0.1, -0.05) is 5.11 Å². The van der Waals surface area contributed by atoms with Crippen molar-refractivity contribution in [3.05, 3.63) is 39.8 Å². The fourth-order valence-corrected chi connectivity index (χ4v) is 2.39. The molecule has 0 bridgehead atoms. The summed E-state index contributed by atoms with van der Waals surface area (Å²) in [4.78, 5) is 27.8. The molecular formula is C14H13N5O3. The molecule has 0 spiro atoms. The minimum atomic E-state index is -0.600. The SMILES string of the molecule is COC(=O)c1ccc(N2CC(CN=[N+]=[N-])CC2=O)cc1C#N. The number of rotatable bonds is 4. The molecule has 1 aromatic carbocycles. The predicted octanol–water partition coefficient (Wildman–Crippen LogP) is 2.01. The molecule has 8 heteroatoms. The zero-order valence-corrected chi connectivity index (χ0v) is 11.9. The van der Waals surface area contributed by atoms with Crippen molar-refractivity contribution in [3.8, 4) is 6.07 Å². The van der Waals surface area contributed by atoms with Gasteiger partial charge in [0.15, 0.2) is 0 Å². The van der Waals surface area contributed by atoms with Crippen molar-refractivity contribution >= 4 is 17.6 Å². The smallest absolute Gasteiger partial charge is 0.339 e. The van der Waals surface area contributed by atoms with Gasteiger partial charge < -0.3 is 9.64 Å². The van der Waals surface area contributed by atoms with E-state index >= 15 is 0 Å². The molecule has 1 aliphatic heterocycles. The molecule has 1 fully saturated rings. The first-order chi connectivity index (χ1) is 10.6. The molecule has 1 heterocycles. The molecule has 0 aromatic heterocycles. The van der Waals surface area contributed by atoms with Crippen LogP contribution >= 0.6 is 0 Å². The second kappa shape index (κ2) is 6.61. The normalized spacial score (nSPS) is 16.8. The van der Waals surface area contributed by atoms with E-state index < -0.39 is 5.97 Å². The second-order valence-electron chi connectivity index (χ2n) is 4.82. The van der Waals surface area contributed by atoms with Gasteiger partial charge in [0.25, 0.3) is 0 Å². The lowest BCUT2D eigenvalue weighted by Crippen LogP contribution is -2.25. The Bertz CT molecular complexity index is 703. The maximum absolute atomic E-state index is 12.0. The van der Waals surface area contributed by atoms with Crippen LogP contribution in [0.25, 0.3) is 10.4 Å². The van der Waals surface area contributed by atoms with E-state index in [0.717, 1.165) is 0 Å². The Kier molecular flexibility index (Phi) is 4.61. The quantitative estimate of drug-likeness (QED) is 0.365. The number of hydrogen-bond acceptors (Lipinski definition) is 5. The zero-order chi connectivity index (χ0) is 16.1. The summed E-state index contributed by atoms with van der Waals surface area (Å²) in [5, 5.41) is 12.6. The van der Waals surface area contributed by atoms with Crippen LogP contribution in [0, 0.1) is 17.2 Å². The monoisotopic (exact) mass is 299 g/mol. The van der Waals surface area contributed by atoms with Crippen LogP contribution in [0.4, 0.5) is 5.69 Å². The van der Waals surface area contributed by atoms with Gasteiger partial charge in [0, 0.05) is 30.1 Å². The molecular weight excluding hydrogens is 286 g/mol. The molecule has 112 valence electrons. The number of anilines is 1. The molecule has 1 unspecified atom stereocenters. The molecule has 0 saturated carbocycles. The number of hydrogen-bond donors (Lipinski definition) is 0. The van der Waals surface area contributed by atoms with Crippen molar-refractivity contribution in [2.24, 2.45) is 11.0 Å². The highest BCUT2D eigenvalue weighted by Crippen LogP contribution is 2.27. The van der Waals surface area contributed by atoms with Crippen LogP contribution in [-0.2, 0) is 9.53 Å². The molecule has 1 atom stereocenters. The van der Waals surface area contributed by atoms with Gasteiger partial charge in [-0.05, 0) is 29.6 Å². The van der Waals surface area contributed by atoms with Crippen LogP contribution in [0.3, 0.4) is 0 Å². The molecule has 22 heavy (non-hydrogen) atoms. The minimum absolute atomic E-state index is 0.0470. The Morgan fingerprint density at radius 3 is 3.05 bits per heavy atom. The summed E-state index contributed by atoms with van der Waals surface area (Å²) in [5.74, 6) is -0.751. The molecule has 1 saturated heterocycles. The Balaban J connectivity index is 2.26. The highest BCUT2D eigenvalue weighted by atomic mass is 16.5. The Labute approximate surface area is 126 Å². The number of amides is 1. The average molecular weight is 299 g/mol. The maximum Gasteiger partial charge on any atom is 0.339 e. The van der Waals surface area contributed by atoms with Gasteiger partial charge in [-0.2, -0.15) is 5.26 Å². The van der Waals surface area contributed by atoms with Crippen molar-refractivity contribution in [1.29, 1.82) is 5.26 Å². The minimum Gasteiger partial charge on any atom is -0.465 e. The highest BCUT2D eigenvalue weighted by molar-refractivity contribution is 5.97. The van der Waals surface area contributed by atoms with E-state index in [1.54, 1.807) is 6.07 Å². The molecule has 0 N–H and O–H groups in total. The van der Waals surface area contributed by atoms with Gasteiger partial charge >= 0.3 is 5.97 Å². The Morgan fingerprint density at radius 1 is 1.64 bits per heavy atom. The van der Waals surface area contributed by atoms with E-state index in [-0.39, 0.29) is 29.5 Å². The number of carbonyl (C=O) groups excluding carboxylic acids is 2. The Hall–Kier alpha value is -3.04. The number of methoxy groups -OCH3 is 1. The van der Waals surface area contributed by atoms with E-state index in [1.165, 1.54) is 24.1 Å². The molecule has 1 aliphatic rings. The van der Waals surface area contributed by atoms with Crippen LogP contribution in [0.5, 0.6) is 0 Å². The summed E-state index contributed by atoms with van der Waals surface area (Å²) < 4.78 is 4.61. The number of esters is 1. The topological polar surface area (TPSA) is 119 Å². The fourth-order valence-electron chi connectivity index (χ4n) is 2.39. The van der Waals surface area contributed by atoms with Crippen LogP contribution in [-0.4, -0.2) is 32.1 Å². The van der Waals surface area contributed by atoms with E-state index in [0.29, 0.717) is 18.7 Å². The number of nitrogens with zero attached hydrogens (tertiary/aromatic N) is 5. The third-order valence-electron chi connectivity index (χ3n) is 3.45. The fraction of sp³-hybridized carbons (Fsp3) is 0.357. The number of nitriles is 1. The van der Waals surface area contributed by atoms with Crippen LogP contribution in [0.15, 0.2) is 23.3 Å². The maximum atomic E-state index is 12.0. The first kappa shape index (κ1) is 15.4. The van der Waals surface area contributed by atoms with Crippen LogP contribution in [0.1, 0.15) is 22.3 Å². The van der Waals surface area contributed by atoms with Gasteiger partial charge in [0.2, 0.25) is 5.91 Å². The second-order valence-corrected chi connectivity index (χ2v) is 4.82. The molecule has 8 nitrogen and oxygen atoms in total. The standard InChI is InChI=1S/C14H13N5O3/c1-22-14(21)12-3-2-11(5-10(12)6-15)19-8-9(4-13(19)20)7-17-18-16/h2-3,5,9H,4,7-8H2,1H3. The molecule has 0 radical (unpaired) electrons. The third-order valence-corrected chi connectivity index (χ3v) is 3.45. The van der Waals surface area contributed by atoms with Crippen LogP contribution in [0.2, 0.25) is 0 Å². The lowest BCUT2D eigenvalue weighted by molar-refractivity contribution is -0.117. The van der Waals surface area contributed by atoms with Crippen molar-refractivity contribution in [1.82, 2.24) is 0 Å². The van der Waals surface area contributed by atoms with Crippen molar-refractivity contribution in [2.75, 3.05) is 25.1 Å². The summed E-state index contributed by atoms with van der Waals surface area (Å²) in [6.07, 6.45) is 0.291. The summed E-state index contributed by atoms with van der Waals surface area (Å²) in [6, 6.07) is 6.48. The molecule has 2 rings (SSSR count). The first-order valence-corrected chi connectivity index (χ1v) is 6.54. The molecule has 1 aromatic rings.